The molecule has 1 aliphatic heterocycles. The molecule has 0 aliphatic carbocycles. The van der Waals surface area contributed by atoms with Gasteiger partial charge in [0.2, 0.25) is 6.41 Å². The van der Waals surface area contributed by atoms with Gasteiger partial charge in [-0.3, -0.25) is 4.79 Å². The van der Waals surface area contributed by atoms with Crippen LogP contribution in [0.25, 0.3) is 0 Å². The number of nitriles is 1. The first-order valence-corrected chi connectivity index (χ1v) is 6.17. The molecule has 19 heavy (non-hydrogen) atoms. The molecule has 1 aliphatic rings. The lowest BCUT2D eigenvalue weighted by molar-refractivity contribution is -0.109. The highest BCUT2D eigenvalue weighted by atomic mass is 16.1. The quantitative estimate of drug-likeness (QED) is 0.586. The van der Waals surface area contributed by atoms with Gasteiger partial charge in [-0.15, -0.1) is 0 Å². The highest BCUT2D eigenvalue weighted by Gasteiger charge is 2.14. The molecule has 0 unspecified atom stereocenters. The minimum atomic E-state index is 0.640. The molecule has 1 aromatic rings. The lowest BCUT2D eigenvalue weighted by Gasteiger charge is -2.21. The van der Waals surface area contributed by atoms with Crippen molar-refractivity contribution in [2.75, 3.05) is 13.2 Å². The Morgan fingerprint density at radius 3 is 2.89 bits per heavy atom. The van der Waals surface area contributed by atoms with Crippen molar-refractivity contribution < 1.29 is 4.79 Å². The van der Waals surface area contributed by atoms with Crippen molar-refractivity contribution in [1.29, 1.82) is 5.26 Å². The summed E-state index contributed by atoms with van der Waals surface area (Å²) in [4.78, 5) is 12.4. The standard InChI is InChI=1S/C14H16N4O/c15-7-12-1-3-13(4-2-12)9-18-10-17-8-14(18)5-6-16-11-19/h1-4,8,11,17H,5-6,9-10H2,(H,16,19). The summed E-state index contributed by atoms with van der Waals surface area (Å²) >= 11 is 0. The van der Waals surface area contributed by atoms with Gasteiger partial charge < -0.3 is 15.5 Å². The van der Waals surface area contributed by atoms with E-state index in [2.05, 4.69) is 21.6 Å². The van der Waals surface area contributed by atoms with Crippen molar-refractivity contribution in [2.24, 2.45) is 0 Å². The summed E-state index contributed by atoms with van der Waals surface area (Å²) in [5, 5.41) is 14.6. The highest BCUT2D eigenvalue weighted by Crippen LogP contribution is 2.16. The van der Waals surface area contributed by atoms with E-state index in [1.54, 1.807) is 0 Å². The lowest BCUT2D eigenvalue weighted by atomic mass is 10.1. The molecule has 0 radical (unpaired) electrons. The normalized spacial score (nSPS) is 13.4. The third kappa shape index (κ3) is 3.49. The van der Waals surface area contributed by atoms with Gasteiger partial charge in [-0.05, 0) is 17.7 Å². The van der Waals surface area contributed by atoms with Crippen molar-refractivity contribution in [2.45, 2.75) is 13.0 Å². The zero-order chi connectivity index (χ0) is 13.5. The van der Waals surface area contributed by atoms with E-state index in [4.69, 9.17) is 5.26 Å². The second-order valence-electron chi connectivity index (χ2n) is 4.33. The predicted octanol–water partition coefficient (Wildman–Crippen LogP) is 0.898. The summed E-state index contributed by atoms with van der Waals surface area (Å²) in [6.45, 7) is 2.21. The molecule has 0 spiro atoms. The molecule has 5 nitrogen and oxygen atoms in total. The molecular formula is C14H16N4O. The van der Waals surface area contributed by atoms with E-state index in [9.17, 15) is 4.79 Å². The Morgan fingerprint density at radius 2 is 2.21 bits per heavy atom. The second-order valence-corrected chi connectivity index (χ2v) is 4.33. The van der Waals surface area contributed by atoms with Crippen molar-refractivity contribution in [3.63, 3.8) is 0 Å². The molecule has 98 valence electrons. The first kappa shape index (κ1) is 13.0. The number of hydrogen-bond acceptors (Lipinski definition) is 4. The van der Waals surface area contributed by atoms with Gasteiger partial charge in [-0.2, -0.15) is 5.26 Å². The van der Waals surface area contributed by atoms with Crippen LogP contribution in [0.2, 0.25) is 0 Å². The van der Waals surface area contributed by atoms with Crippen molar-refractivity contribution in [3.8, 4) is 6.07 Å². The van der Waals surface area contributed by atoms with E-state index in [-0.39, 0.29) is 0 Å². The third-order valence-corrected chi connectivity index (χ3v) is 3.02. The van der Waals surface area contributed by atoms with Crippen molar-refractivity contribution in [1.82, 2.24) is 15.5 Å². The van der Waals surface area contributed by atoms with Gasteiger partial charge in [0.25, 0.3) is 0 Å². The molecule has 1 heterocycles. The van der Waals surface area contributed by atoms with E-state index in [1.807, 2.05) is 30.5 Å². The van der Waals surface area contributed by atoms with Gasteiger partial charge in [-0.25, -0.2) is 0 Å². The molecule has 1 amide bonds. The van der Waals surface area contributed by atoms with Gasteiger partial charge in [0, 0.05) is 31.4 Å². The van der Waals surface area contributed by atoms with E-state index < -0.39 is 0 Å². The maximum atomic E-state index is 10.2. The Hall–Kier alpha value is -2.48. The maximum Gasteiger partial charge on any atom is 0.207 e. The zero-order valence-electron chi connectivity index (χ0n) is 10.6. The monoisotopic (exact) mass is 256 g/mol. The molecule has 0 saturated heterocycles. The Labute approximate surface area is 112 Å². The fourth-order valence-corrected chi connectivity index (χ4v) is 2.02. The number of carbonyl (C=O) groups is 1. The predicted molar refractivity (Wildman–Crippen MR) is 71.5 cm³/mol. The van der Waals surface area contributed by atoms with Crippen LogP contribution in [0.15, 0.2) is 36.2 Å². The Bertz CT molecular complexity index is 501. The summed E-state index contributed by atoms with van der Waals surface area (Å²) < 4.78 is 0. The number of amides is 1. The molecule has 5 heteroatoms. The van der Waals surface area contributed by atoms with Crippen LogP contribution in [0.3, 0.4) is 0 Å². The van der Waals surface area contributed by atoms with Crippen LogP contribution < -0.4 is 10.6 Å². The average Bonchev–Trinajstić information content (AvgIpc) is 2.87. The molecule has 0 aromatic heterocycles. The largest absolute Gasteiger partial charge is 0.372 e. The first-order chi connectivity index (χ1) is 9.33. The highest BCUT2D eigenvalue weighted by molar-refractivity contribution is 5.45. The molecule has 1 aromatic carbocycles. The average molecular weight is 256 g/mol. The Kier molecular flexibility index (Phi) is 4.40. The van der Waals surface area contributed by atoms with Crippen molar-refractivity contribution >= 4 is 6.41 Å². The van der Waals surface area contributed by atoms with Crippen LogP contribution in [0, 0.1) is 11.3 Å². The van der Waals surface area contributed by atoms with Crippen LogP contribution in [0.4, 0.5) is 0 Å². The van der Waals surface area contributed by atoms with Crippen LogP contribution in [-0.2, 0) is 11.3 Å². The summed E-state index contributed by atoms with van der Waals surface area (Å²) in [5.41, 5.74) is 3.02. The van der Waals surface area contributed by atoms with E-state index in [1.165, 1.54) is 5.70 Å². The van der Waals surface area contributed by atoms with Gasteiger partial charge in [0.1, 0.15) is 0 Å². The third-order valence-electron chi connectivity index (χ3n) is 3.02. The van der Waals surface area contributed by atoms with Gasteiger partial charge in [0.15, 0.2) is 0 Å². The summed E-state index contributed by atoms with van der Waals surface area (Å²) in [6.07, 6.45) is 3.51. The molecule has 0 saturated carbocycles. The second kappa shape index (κ2) is 6.45. The van der Waals surface area contributed by atoms with Crippen molar-refractivity contribution in [3.05, 3.63) is 47.3 Å². The number of rotatable bonds is 6. The Morgan fingerprint density at radius 1 is 1.42 bits per heavy atom. The molecule has 0 bridgehead atoms. The van der Waals surface area contributed by atoms with Gasteiger partial charge in [-0.1, -0.05) is 12.1 Å². The molecule has 2 rings (SSSR count). The fourth-order valence-electron chi connectivity index (χ4n) is 2.02. The Balaban J connectivity index is 1.92. The number of carbonyl (C=O) groups excluding carboxylic acids is 1. The maximum absolute atomic E-state index is 10.2. The van der Waals surface area contributed by atoms with Crippen LogP contribution in [-0.4, -0.2) is 24.5 Å². The zero-order valence-corrected chi connectivity index (χ0v) is 10.6. The molecular weight excluding hydrogens is 240 g/mol. The molecule has 0 atom stereocenters. The smallest absolute Gasteiger partial charge is 0.207 e. The number of nitrogens with zero attached hydrogens (tertiary/aromatic N) is 2. The van der Waals surface area contributed by atoms with E-state index in [0.717, 1.165) is 25.2 Å². The SMILES string of the molecule is N#Cc1ccc(CN2CNC=C2CCNC=O)cc1. The molecule has 0 fully saturated rings. The van der Waals surface area contributed by atoms with Crippen LogP contribution >= 0.6 is 0 Å². The molecule has 2 N–H and O–H groups in total. The topological polar surface area (TPSA) is 68.2 Å². The van der Waals surface area contributed by atoms with Crippen LogP contribution in [0.1, 0.15) is 17.5 Å². The van der Waals surface area contributed by atoms with Gasteiger partial charge in [0.05, 0.1) is 18.3 Å². The number of nitrogens with one attached hydrogen (secondary N) is 2. The first-order valence-electron chi connectivity index (χ1n) is 6.17. The van der Waals surface area contributed by atoms with Gasteiger partial charge >= 0.3 is 0 Å². The van der Waals surface area contributed by atoms with E-state index >= 15 is 0 Å². The summed E-state index contributed by atoms with van der Waals surface area (Å²) in [6, 6.07) is 9.71. The van der Waals surface area contributed by atoms with Crippen LogP contribution in [0.5, 0.6) is 0 Å². The summed E-state index contributed by atoms with van der Waals surface area (Å²) in [7, 11) is 0. The minimum absolute atomic E-state index is 0.640. The minimum Gasteiger partial charge on any atom is -0.372 e. The summed E-state index contributed by atoms with van der Waals surface area (Å²) in [5.74, 6) is 0. The number of benzene rings is 1. The number of hydrogen-bond donors (Lipinski definition) is 2. The van der Waals surface area contributed by atoms with E-state index in [0.29, 0.717) is 18.5 Å². The fraction of sp³-hybridized carbons (Fsp3) is 0.286. The lowest BCUT2D eigenvalue weighted by Crippen LogP contribution is -2.25.